The maximum Gasteiger partial charge on any atom is 0.255 e. The van der Waals surface area contributed by atoms with E-state index >= 15 is 0 Å². The number of anilines is 1. The van der Waals surface area contributed by atoms with E-state index in [1.165, 1.54) is 0 Å². The lowest BCUT2D eigenvalue weighted by Gasteiger charge is -2.08. The van der Waals surface area contributed by atoms with Crippen LogP contribution in [0.5, 0.6) is 0 Å². The van der Waals surface area contributed by atoms with Gasteiger partial charge in [0.1, 0.15) is 0 Å². The minimum absolute atomic E-state index is 0.239. The Labute approximate surface area is 125 Å². The Morgan fingerprint density at radius 1 is 1.10 bits per heavy atom. The Kier molecular flexibility index (Phi) is 4.20. The molecule has 20 heavy (non-hydrogen) atoms. The summed E-state index contributed by atoms with van der Waals surface area (Å²) in [6, 6.07) is 12.1. The van der Waals surface area contributed by atoms with Gasteiger partial charge in [-0.3, -0.25) is 9.59 Å². The monoisotopic (exact) mass is 332 g/mol. The van der Waals surface area contributed by atoms with Gasteiger partial charge in [0.2, 0.25) is 5.91 Å². The number of rotatable bonds is 3. The van der Waals surface area contributed by atoms with Crippen LogP contribution < -0.4 is 11.1 Å². The van der Waals surface area contributed by atoms with Crippen molar-refractivity contribution in [1.29, 1.82) is 0 Å². The molecule has 0 unspecified atom stereocenters. The molecule has 0 aliphatic carbocycles. The van der Waals surface area contributed by atoms with Gasteiger partial charge in [-0.1, -0.05) is 22.0 Å². The number of carbonyl (C=O) groups is 2. The van der Waals surface area contributed by atoms with Crippen LogP contribution in [0.15, 0.2) is 46.9 Å². The van der Waals surface area contributed by atoms with Gasteiger partial charge in [-0.15, -0.1) is 0 Å². The van der Waals surface area contributed by atoms with Crippen molar-refractivity contribution in [1.82, 2.24) is 0 Å². The molecule has 0 aromatic heterocycles. The highest BCUT2D eigenvalue weighted by atomic mass is 79.9. The predicted octanol–water partition coefficient (Wildman–Crippen LogP) is 3.11. The average Bonchev–Trinajstić information content (AvgIpc) is 2.41. The smallest absolute Gasteiger partial charge is 0.255 e. The number of carbonyl (C=O) groups excluding carboxylic acids is 2. The molecule has 2 amide bonds. The van der Waals surface area contributed by atoms with Crippen LogP contribution in [-0.2, 0) is 0 Å². The second-order valence-electron chi connectivity index (χ2n) is 4.35. The molecule has 2 aromatic rings. The van der Waals surface area contributed by atoms with Crippen LogP contribution in [0.2, 0.25) is 0 Å². The predicted molar refractivity (Wildman–Crippen MR) is 81.8 cm³/mol. The van der Waals surface area contributed by atoms with E-state index in [0.29, 0.717) is 16.8 Å². The standard InChI is InChI=1S/C15H13BrN2O2/c1-9-2-7-12(8-13(9)14(17)19)18-15(20)10-3-5-11(16)6-4-10/h2-8H,1H3,(H2,17,19)(H,18,20). The van der Waals surface area contributed by atoms with Gasteiger partial charge < -0.3 is 11.1 Å². The summed E-state index contributed by atoms with van der Waals surface area (Å²) in [6.45, 7) is 1.79. The van der Waals surface area contributed by atoms with E-state index in [1.807, 2.05) is 0 Å². The molecule has 2 aromatic carbocycles. The van der Waals surface area contributed by atoms with Gasteiger partial charge in [0.15, 0.2) is 0 Å². The molecule has 0 aliphatic heterocycles. The second-order valence-corrected chi connectivity index (χ2v) is 5.27. The van der Waals surface area contributed by atoms with Crippen LogP contribution >= 0.6 is 15.9 Å². The summed E-state index contributed by atoms with van der Waals surface area (Å²) in [4.78, 5) is 23.3. The first-order chi connectivity index (χ1) is 9.47. The molecule has 0 bridgehead atoms. The lowest BCUT2D eigenvalue weighted by molar-refractivity contribution is 0.0995. The molecule has 102 valence electrons. The fourth-order valence-corrected chi connectivity index (χ4v) is 2.03. The molecule has 4 nitrogen and oxygen atoms in total. The molecular weight excluding hydrogens is 320 g/mol. The maximum atomic E-state index is 12.0. The molecule has 0 fully saturated rings. The number of hydrogen-bond acceptors (Lipinski definition) is 2. The summed E-state index contributed by atoms with van der Waals surface area (Å²) in [7, 11) is 0. The number of halogens is 1. The fourth-order valence-electron chi connectivity index (χ4n) is 1.77. The third-order valence-corrected chi connectivity index (χ3v) is 3.40. The van der Waals surface area contributed by atoms with Gasteiger partial charge >= 0.3 is 0 Å². The average molecular weight is 333 g/mol. The first-order valence-electron chi connectivity index (χ1n) is 5.95. The molecule has 0 saturated heterocycles. The molecule has 0 atom stereocenters. The van der Waals surface area contributed by atoms with Crippen LogP contribution in [0.4, 0.5) is 5.69 Å². The summed E-state index contributed by atoms with van der Waals surface area (Å²) in [6.07, 6.45) is 0. The molecule has 0 spiro atoms. The Bertz CT molecular complexity index is 666. The molecule has 0 aliphatic rings. The molecule has 0 saturated carbocycles. The second kappa shape index (κ2) is 5.88. The van der Waals surface area contributed by atoms with Crippen LogP contribution in [0, 0.1) is 6.92 Å². The van der Waals surface area contributed by atoms with Crippen molar-refractivity contribution in [2.75, 3.05) is 5.32 Å². The largest absolute Gasteiger partial charge is 0.366 e. The van der Waals surface area contributed by atoms with Crippen molar-refractivity contribution < 1.29 is 9.59 Å². The number of nitrogens with two attached hydrogens (primary N) is 1. The van der Waals surface area contributed by atoms with Gasteiger partial charge in [0.05, 0.1) is 0 Å². The first kappa shape index (κ1) is 14.3. The van der Waals surface area contributed by atoms with E-state index < -0.39 is 5.91 Å². The van der Waals surface area contributed by atoms with Crippen molar-refractivity contribution >= 4 is 33.4 Å². The van der Waals surface area contributed by atoms with E-state index in [9.17, 15) is 9.59 Å². The van der Waals surface area contributed by atoms with E-state index in [4.69, 9.17) is 5.73 Å². The summed E-state index contributed by atoms with van der Waals surface area (Å²) in [5.74, 6) is -0.751. The van der Waals surface area contributed by atoms with Crippen molar-refractivity contribution in [3.8, 4) is 0 Å². The summed E-state index contributed by atoms with van der Waals surface area (Å²) in [5, 5.41) is 2.74. The van der Waals surface area contributed by atoms with Gasteiger partial charge in [-0.2, -0.15) is 0 Å². The van der Waals surface area contributed by atoms with E-state index in [0.717, 1.165) is 10.0 Å². The highest BCUT2D eigenvalue weighted by Gasteiger charge is 2.09. The lowest BCUT2D eigenvalue weighted by atomic mass is 10.1. The Balaban J connectivity index is 2.21. The number of nitrogens with one attached hydrogen (secondary N) is 1. The summed E-state index contributed by atoms with van der Waals surface area (Å²) in [5.41, 5.74) is 7.54. The Morgan fingerprint density at radius 2 is 1.75 bits per heavy atom. The normalized spacial score (nSPS) is 10.1. The zero-order valence-corrected chi connectivity index (χ0v) is 12.4. The number of aryl methyl sites for hydroxylation is 1. The number of amides is 2. The van der Waals surface area contributed by atoms with Gasteiger partial charge in [0.25, 0.3) is 5.91 Å². The van der Waals surface area contributed by atoms with Gasteiger partial charge in [0, 0.05) is 21.3 Å². The minimum Gasteiger partial charge on any atom is -0.366 e. The van der Waals surface area contributed by atoms with Crippen LogP contribution in [0.3, 0.4) is 0 Å². The first-order valence-corrected chi connectivity index (χ1v) is 6.74. The molecular formula is C15H13BrN2O2. The highest BCUT2D eigenvalue weighted by molar-refractivity contribution is 9.10. The topological polar surface area (TPSA) is 72.2 Å². The van der Waals surface area contributed by atoms with Gasteiger partial charge in [-0.25, -0.2) is 0 Å². The van der Waals surface area contributed by atoms with Crippen LogP contribution in [0.25, 0.3) is 0 Å². The fraction of sp³-hybridized carbons (Fsp3) is 0.0667. The SMILES string of the molecule is Cc1ccc(NC(=O)c2ccc(Br)cc2)cc1C(N)=O. The van der Waals surface area contributed by atoms with Crippen molar-refractivity contribution in [3.63, 3.8) is 0 Å². The van der Waals surface area contributed by atoms with Gasteiger partial charge in [-0.05, 0) is 48.9 Å². The number of hydrogen-bond donors (Lipinski definition) is 2. The maximum absolute atomic E-state index is 12.0. The van der Waals surface area contributed by atoms with Crippen molar-refractivity contribution in [2.24, 2.45) is 5.73 Å². The van der Waals surface area contributed by atoms with E-state index in [1.54, 1.807) is 49.4 Å². The van der Waals surface area contributed by atoms with Crippen LogP contribution in [-0.4, -0.2) is 11.8 Å². The van der Waals surface area contributed by atoms with Crippen molar-refractivity contribution in [2.45, 2.75) is 6.92 Å². The number of benzene rings is 2. The van der Waals surface area contributed by atoms with E-state index in [-0.39, 0.29) is 5.91 Å². The quantitative estimate of drug-likeness (QED) is 0.906. The highest BCUT2D eigenvalue weighted by Crippen LogP contribution is 2.17. The Morgan fingerprint density at radius 3 is 2.35 bits per heavy atom. The summed E-state index contributed by atoms with van der Waals surface area (Å²) >= 11 is 3.31. The molecule has 0 heterocycles. The number of primary amides is 1. The molecule has 2 rings (SSSR count). The minimum atomic E-state index is -0.512. The Hall–Kier alpha value is -2.14. The molecule has 0 radical (unpaired) electrons. The van der Waals surface area contributed by atoms with Crippen molar-refractivity contribution in [3.05, 3.63) is 63.6 Å². The molecule has 3 N–H and O–H groups in total. The zero-order chi connectivity index (χ0) is 14.7. The van der Waals surface area contributed by atoms with Crippen LogP contribution in [0.1, 0.15) is 26.3 Å². The van der Waals surface area contributed by atoms with E-state index in [2.05, 4.69) is 21.2 Å². The lowest BCUT2D eigenvalue weighted by Crippen LogP contribution is -2.15. The third kappa shape index (κ3) is 3.24. The summed E-state index contributed by atoms with van der Waals surface area (Å²) < 4.78 is 0.903. The third-order valence-electron chi connectivity index (χ3n) is 2.87. The zero-order valence-electron chi connectivity index (χ0n) is 10.8. The molecule has 5 heteroatoms.